The molecule has 0 saturated carbocycles. The second kappa shape index (κ2) is 6.84. The van der Waals surface area contributed by atoms with Gasteiger partial charge in [-0.15, -0.1) is 0 Å². The van der Waals surface area contributed by atoms with E-state index in [0.29, 0.717) is 0 Å². The number of hydrogen-bond donors (Lipinski definition) is 2. The van der Waals surface area contributed by atoms with Crippen molar-refractivity contribution in [3.8, 4) is 0 Å². The summed E-state index contributed by atoms with van der Waals surface area (Å²) in [5.74, 6) is 0.892. The number of rotatable bonds is 4. The van der Waals surface area contributed by atoms with Crippen LogP contribution in [0.4, 0.5) is 5.82 Å². The number of hydrogen-bond acceptors (Lipinski definition) is 5. The first-order valence-electron chi connectivity index (χ1n) is 6.93. The normalized spacial score (nSPS) is 19.2. The van der Waals surface area contributed by atoms with E-state index in [1.807, 2.05) is 12.1 Å². The lowest BCUT2D eigenvalue weighted by Crippen LogP contribution is -2.33. The van der Waals surface area contributed by atoms with Gasteiger partial charge in [-0.25, -0.2) is 4.98 Å². The first kappa shape index (κ1) is 14.2. The second-order valence-corrected chi connectivity index (χ2v) is 5.00. The summed E-state index contributed by atoms with van der Waals surface area (Å²) in [6.07, 6.45) is 2.33. The fraction of sp³-hybridized carbons (Fsp3) is 0.643. The lowest BCUT2D eigenvalue weighted by molar-refractivity contribution is 0.199. The summed E-state index contributed by atoms with van der Waals surface area (Å²) in [5.41, 5.74) is 0.887. The van der Waals surface area contributed by atoms with E-state index in [4.69, 9.17) is 5.11 Å². The van der Waals surface area contributed by atoms with Crippen molar-refractivity contribution in [2.75, 3.05) is 44.2 Å². The van der Waals surface area contributed by atoms with Crippen molar-refractivity contribution in [2.24, 2.45) is 0 Å². The minimum Gasteiger partial charge on any atom is -0.395 e. The quantitative estimate of drug-likeness (QED) is 0.836. The Labute approximate surface area is 114 Å². The van der Waals surface area contributed by atoms with Gasteiger partial charge in [0, 0.05) is 37.9 Å². The molecule has 19 heavy (non-hydrogen) atoms. The molecule has 0 bridgehead atoms. The molecule has 5 nitrogen and oxygen atoms in total. The van der Waals surface area contributed by atoms with Crippen molar-refractivity contribution in [3.63, 3.8) is 0 Å². The molecule has 1 atom stereocenters. The summed E-state index contributed by atoms with van der Waals surface area (Å²) in [6, 6.07) is 3.80. The topological polar surface area (TPSA) is 59.8 Å². The zero-order valence-electron chi connectivity index (χ0n) is 11.5. The molecule has 0 aromatic carbocycles. The van der Waals surface area contributed by atoms with Crippen LogP contribution in [0.3, 0.4) is 0 Å². The molecule has 1 aromatic heterocycles. The summed E-state index contributed by atoms with van der Waals surface area (Å²) < 4.78 is 0. The van der Waals surface area contributed by atoms with Gasteiger partial charge >= 0.3 is 0 Å². The number of aliphatic hydroxyl groups excluding tert-OH is 2. The van der Waals surface area contributed by atoms with Crippen LogP contribution in [-0.4, -0.2) is 59.4 Å². The smallest absolute Gasteiger partial charge is 0.134 e. The molecule has 1 aliphatic heterocycles. The van der Waals surface area contributed by atoms with E-state index < -0.39 is 6.10 Å². The molecule has 0 amide bonds. The van der Waals surface area contributed by atoms with Crippen LogP contribution in [0, 0.1) is 0 Å². The van der Waals surface area contributed by atoms with Crippen molar-refractivity contribution in [2.45, 2.75) is 19.4 Å². The van der Waals surface area contributed by atoms with Gasteiger partial charge in [0.25, 0.3) is 0 Å². The van der Waals surface area contributed by atoms with Gasteiger partial charge in [-0.2, -0.15) is 0 Å². The standard InChI is InChI=1S/C14H23N3O2/c1-12(19)13-4-2-5-15-14(13)17-7-3-6-16(8-9-17)10-11-18/h2,4-5,12,18-19H,3,6-11H2,1H3/t12-/m1/s1. The summed E-state index contributed by atoms with van der Waals surface area (Å²) in [7, 11) is 0. The van der Waals surface area contributed by atoms with E-state index >= 15 is 0 Å². The average Bonchev–Trinajstić information content (AvgIpc) is 2.65. The highest BCUT2D eigenvalue weighted by Crippen LogP contribution is 2.24. The van der Waals surface area contributed by atoms with Gasteiger partial charge in [0.1, 0.15) is 5.82 Å². The van der Waals surface area contributed by atoms with Crippen LogP contribution in [0.5, 0.6) is 0 Å². The number of pyridine rings is 1. The van der Waals surface area contributed by atoms with Crippen LogP contribution in [-0.2, 0) is 0 Å². The van der Waals surface area contributed by atoms with Gasteiger partial charge < -0.3 is 15.1 Å². The predicted molar refractivity (Wildman–Crippen MR) is 75.2 cm³/mol. The molecule has 106 valence electrons. The zero-order chi connectivity index (χ0) is 13.7. The van der Waals surface area contributed by atoms with E-state index in [0.717, 1.165) is 50.5 Å². The summed E-state index contributed by atoms with van der Waals surface area (Å²) in [5, 5.41) is 18.8. The maximum Gasteiger partial charge on any atom is 0.134 e. The summed E-state index contributed by atoms with van der Waals surface area (Å²) >= 11 is 0. The van der Waals surface area contributed by atoms with Crippen molar-refractivity contribution >= 4 is 5.82 Å². The molecule has 1 aromatic rings. The van der Waals surface area contributed by atoms with Crippen molar-refractivity contribution < 1.29 is 10.2 Å². The van der Waals surface area contributed by atoms with Gasteiger partial charge in [-0.3, -0.25) is 4.90 Å². The first-order chi connectivity index (χ1) is 9.22. The van der Waals surface area contributed by atoms with Crippen LogP contribution < -0.4 is 4.90 Å². The van der Waals surface area contributed by atoms with Gasteiger partial charge in [-0.1, -0.05) is 6.07 Å². The van der Waals surface area contributed by atoms with Crippen LogP contribution in [0.15, 0.2) is 18.3 Å². The molecule has 1 aliphatic rings. The molecular formula is C14H23N3O2. The molecular weight excluding hydrogens is 242 g/mol. The molecule has 0 aliphatic carbocycles. The van der Waals surface area contributed by atoms with Crippen molar-refractivity contribution in [1.82, 2.24) is 9.88 Å². The number of aromatic nitrogens is 1. The van der Waals surface area contributed by atoms with Crippen LogP contribution in [0.1, 0.15) is 25.0 Å². The fourth-order valence-electron chi connectivity index (χ4n) is 2.55. The Bertz CT molecular complexity index is 398. The van der Waals surface area contributed by atoms with Crippen LogP contribution >= 0.6 is 0 Å². The molecule has 0 radical (unpaired) electrons. The monoisotopic (exact) mass is 265 g/mol. The van der Waals surface area contributed by atoms with Gasteiger partial charge in [0.2, 0.25) is 0 Å². The highest BCUT2D eigenvalue weighted by molar-refractivity contribution is 5.47. The number of aliphatic hydroxyl groups is 2. The predicted octanol–water partition coefficient (Wildman–Crippen LogP) is 0.639. The molecule has 2 heterocycles. The van der Waals surface area contributed by atoms with Crippen LogP contribution in [0.2, 0.25) is 0 Å². The third kappa shape index (κ3) is 3.65. The lowest BCUT2D eigenvalue weighted by atomic mass is 10.1. The number of nitrogens with zero attached hydrogens (tertiary/aromatic N) is 3. The molecule has 0 unspecified atom stereocenters. The maximum absolute atomic E-state index is 9.83. The fourth-order valence-corrected chi connectivity index (χ4v) is 2.55. The number of anilines is 1. The highest BCUT2D eigenvalue weighted by Gasteiger charge is 2.19. The molecule has 1 saturated heterocycles. The van der Waals surface area contributed by atoms with Gasteiger partial charge in [0.15, 0.2) is 0 Å². The van der Waals surface area contributed by atoms with E-state index in [9.17, 15) is 5.11 Å². The number of β-amino-alcohol motifs (C(OH)–C–C–N with tert-alkyl or cyclic N) is 1. The SMILES string of the molecule is C[C@@H](O)c1cccnc1N1CCCN(CCO)CC1. The average molecular weight is 265 g/mol. The Hall–Kier alpha value is -1.17. The van der Waals surface area contributed by atoms with Crippen molar-refractivity contribution in [1.29, 1.82) is 0 Å². The lowest BCUT2D eigenvalue weighted by Gasteiger charge is -2.25. The third-order valence-electron chi connectivity index (χ3n) is 3.57. The van der Waals surface area contributed by atoms with Crippen LogP contribution in [0.25, 0.3) is 0 Å². The zero-order valence-corrected chi connectivity index (χ0v) is 11.5. The van der Waals surface area contributed by atoms with E-state index in [1.54, 1.807) is 13.1 Å². The molecule has 2 N–H and O–H groups in total. The van der Waals surface area contributed by atoms with Gasteiger partial charge in [-0.05, 0) is 26.0 Å². The molecule has 1 fully saturated rings. The maximum atomic E-state index is 9.83. The van der Waals surface area contributed by atoms with E-state index in [2.05, 4.69) is 14.8 Å². The minimum atomic E-state index is -0.500. The molecule has 2 rings (SSSR count). The Morgan fingerprint density at radius 2 is 2.16 bits per heavy atom. The van der Waals surface area contributed by atoms with E-state index in [1.165, 1.54) is 0 Å². The van der Waals surface area contributed by atoms with E-state index in [-0.39, 0.29) is 6.61 Å². The second-order valence-electron chi connectivity index (χ2n) is 5.00. The molecule has 5 heteroatoms. The highest BCUT2D eigenvalue weighted by atomic mass is 16.3. The Morgan fingerprint density at radius 1 is 1.32 bits per heavy atom. The summed E-state index contributed by atoms with van der Waals surface area (Å²) in [6.45, 7) is 6.48. The van der Waals surface area contributed by atoms with Gasteiger partial charge in [0.05, 0.1) is 12.7 Å². The third-order valence-corrected chi connectivity index (χ3v) is 3.57. The first-order valence-corrected chi connectivity index (χ1v) is 6.93. The minimum absolute atomic E-state index is 0.211. The Balaban J connectivity index is 2.10. The molecule has 0 spiro atoms. The van der Waals surface area contributed by atoms with Crippen molar-refractivity contribution in [3.05, 3.63) is 23.9 Å². The largest absolute Gasteiger partial charge is 0.395 e. The summed E-state index contributed by atoms with van der Waals surface area (Å²) in [4.78, 5) is 8.94. The Morgan fingerprint density at radius 3 is 2.89 bits per heavy atom. The Kier molecular flexibility index (Phi) is 5.13.